The highest BCUT2D eigenvalue weighted by atomic mass is 79.9. The summed E-state index contributed by atoms with van der Waals surface area (Å²) in [4.78, 5) is 19.5. The van der Waals surface area contributed by atoms with Crippen molar-refractivity contribution >= 4 is 56.6 Å². The number of carbonyl (C=O) groups is 1. The molecule has 1 aromatic carbocycles. The fourth-order valence-corrected chi connectivity index (χ4v) is 3.74. The highest BCUT2D eigenvalue weighted by molar-refractivity contribution is 8.93. The first kappa shape index (κ1) is 22.3. The van der Waals surface area contributed by atoms with E-state index in [0.29, 0.717) is 17.0 Å². The van der Waals surface area contributed by atoms with Crippen LogP contribution in [0.15, 0.2) is 24.4 Å². The predicted molar refractivity (Wildman–Crippen MR) is 122 cm³/mol. The van der Waals surface area contributed by atoms with E-state index in [1.54, 1.807) is 7.11 Å². The lowest BCUT2D eigenvalue weighted by Gasteiger charge is -2.15. The predicted octanol–water partition coefficient (Wildman–Crippen LogP) is 3.56. The Balaban J connectivity index is 0.00000140. The molecule has 0 spiro atoms. The lowest BCUT2D eigenvalue weighted by Crippen LogP contribution is -2.27. The third-order valence-corrected chi connectivity index (χ3v) is 5.08. The molecule has 2 N–H and O–H groups in total. The molecule has 7 nitrogen and oxygen atoms in total. The number of halogens is 2. The van der Waals surface area contributed by atoms with Crippen LogP contribution >= 0.6 is 34.0 Å². The number of fused-ring (bicyclic) bond motifs is 1. The van der Waals surface area contributed by atoms with E-state index in [-0.39, 0.29) is 39.9 Å². The number of nitrogens with two attached hydrogens (primary N) is 1. The number of aryl methyl sites for hydroxylation is 2. The van der Waals surface area contributed by atoms with Gasteiger partial charge in [0.1, 0.15) is 11.3 Å². The van der Waals surface area contributed by atoms with Gasteiger partial charge in [0.15, 0.2) is 11.6 Å². The van der Waals surface area contributed by atoms with Crippen LogP contribution in [-0.2, 0) is 14.1 Å². The first-order chi connectivity index (χ1) is 12.5. The third-order valence-electron chi connectivity index (χ3n) is 5.08. The van der Waals surface area contributed by atoms with Gasteiger partial charge in [-0.1, -0.05) is 0 Å². The average Bonchev–Trinajstić information content (AvgIpc) is 3.32. The zero-order valence-corrected chi connectivity index (χ0v) is 19.6. The maximum absolute atomic E-state index is 12.9. The zero-order chi connectivity index (χ0) is 18.4. The van der Waals surface area contributed by atoms with E-state index in [1.807, 2.05) is 52.5 Å². The fourth-order valence-electron chi connectivity index (χ4n) is 3.74. The molecule has 1 saturated heterocycles. The van der Waals surface area contributed by atoms with E-state index in [4.69, 9.17) is 15.5 Å². The lowest BCUT2D eigenvalue weighted by atomic mass is 10.2. The molecule has 0 bridgehead atoms. The van der Waals surface area contributed by atoms with Crippen LogP contribution in [0.3, 0.4) is 0 Å². The standard InChI is InChI=1S/C19H23N5O2.2BrH/c1-22-11-13(19(25)24-8-4-5-9-24)17(26-3)16(22)18-21-14-10-12(20)6-7-15(14)23(18)2;;/h6-7,10-11H,4-5,8-9,20H2,1-3H3;2*1H. The van der Waals surface area contributed by atoms with Crippen LogP contribution in [0.25, 0.3) is 22.6 Å². The molecule has 1 aliphatic heterocycles. The maximum atomic E-state index is 12.9. The molecule has 0 radical (unpaired) electrons. The van der Waals surface area contributed by atoms with Gasteiger partial charge >= 0.3 is 0 Å². The molecule has 2 aromatic heterocycles. The Bertz CT molecular complexity index is 1010. The molecular formula is C19H25Br2N5O2. The number of carbonyl (C=O) groups excluding carboxylic acids is 1. The molecule has 0 unspecified atom stereocenters. The van der Waals surface area contributed by atoms with Crippen molar-refractivity contribution in [2.24, 2.45) is 14.1 Å². The summed E-state index contributed by atoms with van der Waals surface area (Å²) >= 11 is 0. The van der Waals surface area contributed by atoms with E-state index in [0.717, 1.165) is 48.5 Å². The number of anilines is 1. The van der Waals surface area contributed by atoms with Crippen LogP contribution in [0.4, 0.5) is 5.69 Å². The number of hydrogen-bond donors (Lipinski definition) is 1. The monoisotopic (exact) mass is 513 g/mol. The van der Waals surface area contributed by atoms with Gasteiger partial charge in [-0.3, -0.25) is 4.79 Å². The highest BCUT2D eigenvalue weighted by Crippen LogP contribution is 2.36. The quantitative estimate of drug-likeness (QED) is 0.542. The molecule has 3 heterocycles. The summed E-state index contributed by atoms with van der Waals surface area (Å²) < 4.78 is 9.57. The van der Waals surface area contributed by atoms with Gasteiger partial charge in [-0.05, 0) is 31.0 Å². The largest absolute Gasteiger partial charge is 0.494 e. The Hall–Kier alpha value is -2.00. The molecule has 1 aliphatic rings. The van der Waals surface area contributed by atoms with Gasteiger partial charge in [0, 0.05) is 39.1 Å². The van der Waals surface area contributed by atoms with Crippen LogP contribution in [0.1, 0.15) is 23.2 Å². The van der Waals surface area contributed by atoms with Gasteiger partial charge in [-0.25, -0.2) is 4.98 Å². The van der Waals surface area contributed by atoms with Crippen molar-refractivity contribution in [2.45, 2.75) is 12.8 Å². The van der Waals surface area contributed by atoms with Crippen molar-refractivity contribution in [3.63, 3.8) is 0 Å². The Morgan fingerprint density at radius 3 is 2.50 bits per heavy atom. The molecule has 0 saturated carbocycles. The van der Waals surface area contributed by atoms with E-state index >= 15 is 0 Å². The normalized spacial score (nSPS) is 13.3. The third kappa shape index (κ3) is 3.53. The number of hydrogen-bond acceptors (Lipinski definition) is 4. The van der Waals surface area contributed by atoms with Crippen molar-refractivity contribution in [1.82, 2.24) is 19.0 Å². The molecule has 1 amide bonds. The molecular weight excluding hydrogens is 490 g/mol. The summed E-state index contributed by atoms with van der Waals surface area (Å²) in [5.74, 6) is 1.32. The molecule has 0 aliphatic carbocycles. The lowest BCUT2D eigenvalue weighted by molar-refractivity contribution is 0.0789. The highest BCUT2D eigenvalue weighted by Gasteiger charge is 2.28. The second-order valence-electron chi connectivity index (χ2n) is 6.78. The van der Waals surface area contributed by atoms with E-state index in [9.17, 15) is 4.79 Å². The van der Waals surface area contributed by atoms with Crippen molar-refractivity contribution in [3.8, 4) is 17.3 Å². The number of ether oxygens (including phenoxy) is 1. The van der Waals surface area contributed by atoms with Gasteiger partial charge in [0.2, 0.25) is 0 Å². The molecule has 3 aromatic rings. The molecule has 4 rings (SSSR count). The van der Waals surface area contributed by atoms with Gasteiger partial charge in [0.25, 0.3) is 5.91 Å². The Kier molecular flexibility index (Phi) is 6.82. The Labute approximate surface area is 185 Å². The van der Waals surface area contributed by atoms with E-state index in [1.165, 1.54) is 0 Å². The molecule has 152 valence electrons. The number of nitrogens with zero attached hydrogens (tertiary/aromatic N) is 4. The molecule has 1 fully saturated rings. The minimum Gasteiger partial charge on any atom is -0.494 e. The summed E-state index contributed by atoms with van der Waals surface area (Å²) in [7, 11) is 5.46. The second-order valence-corrected chi connectivity index (χ2v) is 6.78. The van der Waals surface area contributed by atoms with Gasteiger partial charge in [-0.15, -0.1) is 34.0 Å². The summed E-state index contributed by atoms with van der Waals surface area (Å²) in [5, 5.41) is 0. The summed E-state index contributed by atoms with van der Waals surface area (Å²) in [6, 6.07) is 5.66. The minimum absolute atomic E-state index is 0. The van der Waals surface area contributed by atoms with Gasteiger partial charge < -0.3 is 24.5 Å². The number of imidazole rings is 1. The summed E-state index contributed by atoms with van der Waals surface area (Å²) in [5.41, 5.74) is 9.73. The van der Waals surface area contributed by atoms with Crippen LogP contribution in [0, 0.1) is 0 Å². The number of likely N-dealkylation sites (tertiary alicyclic amines) is 1. The van der Waals surface area contributed by atoms with Crippen molar-refractivity contribution < 1.29 is 9.53 Å². The number of benzene rings is 1. The Morgan fingerprint density at radius 1 is 1.18 bits per heavy atom. The van der Waals surface area contributed by atoms with Crippen molar-refractivity contribution in [1.29, 1.82) is 0 Å². The Morgan fingerprint density at radius 2 is 1.86 bits per heavy atom. The van der Waals surface area contributed by atoms with Gasteiger partial charge in [-0.2, -0.15) is 0 Å². The maximum Gasteiger partial charge on any atom is 0.259 e. The van der Waals surface area contributed by atoms with Crippen molar-refractivity contribution in [2.75, 3.05) is 25.9 Å². The smallest absolute Gasteiger partial charge is 0.259 e. The molecule has 28 heavy (non-hydrogen) atoms. The van der Waals surface area contributed by atoms with Crippen molar-refractivity contribution in [3.05, 3.63) is 30.0 Å². The summed E-state index contributed by atoms with van der Waals surface area (Å²) in [6.07, 6.45) is 3.95. The zero-order valence-electron chi connectivity index (χ0n) is 16.1. The number of aromatic nitrogens is 3. The van der Waals surface area contributed by atoms with Crippen LogP contribution < -0.4 is 10.5 Å². The number of rotatable bonds is 3. The molecule has 9 heteroatoms. The fraction of sp³-hybridized carbons (Fsp3) is 0.368. The number of nitrogen functional groups attached to an aromatic ring is 1. The summed E-state index contributed by atoms with van der Waals surface area (Å²) in [6.45, 7) is 1.61. The van der Waals surface area contributed by atoms with E-state index in [2.05, 4.69) is 0 Å². The minimum atomic E-state index is 0. The van der Waals surface area contributed by atoms with E-state index < -0.39 is 0 Å². The van der Waals surface area contributed by atoms with Gasteiger partial charge in [0.05, 0.1) is 18.1 Å². The second kappa shape index (κ2) is 8.57. The average molecular weight is 515 g/mol. The topological polar surface area (TPSA) is 78.3 Å². The van der Waals surface area contributed by atoms with Crippen LogP contribution in [-0.4, -0.2) is 45.1 Å². The SMILES string of the molecule is Br.Br.COc1c(C(=O)N2CCCC2)cn(C)c1-c1nc2cc(N)ccc2n1C. The first-order valence-electron chi connectivity index (χ1n) is 8.76. The first-order valence-corrected chi connectivity index (χ1v) is 8.76. The molecule has 0 atom stereocenters. The number of methoxy groups -OCH3 is 1. The van der Waals surface area contributed by atoms with Crippen LogP contribution in [0.2, 0.25) is 0 Å². The number of amides is 1. The van der Waals surface area contributed by atoms with Crippen LogP contribution in [0.5, 0.6) is 5.75 Å².